The maximum absolute atomic E-state index is 5.54. The first-order chi connectivity index (χ1) is 23.8. The van der Waals surface area contributed by atoms with Crippen molar-refractivity contribution in [3.05, 3.63) is 176 Å². The third-order valence-electron chi connectivity index (χ3n) is 9.70. The Balaban J connectivity index is 1.41. The van der Waals surface area contributed by atoms with Crippen molar-refractivity contribution in [2.24, 2.45) is 0 Å². The van der Waals surface area contributed by atoms with Gasteiger partial charge in [-0.15, -0.1) is 0 Å². The van der Waals surface area contributed by atoms with Gasteiger partial charge in [-0.3, -0.25) is 4.40 Å². The van der Waals surface area contributed by atoms with E-state index < -0.39 is 0 Å². The number of pyridine rings is 1. The minimum Gasteiger partial charge on any atom is -0.309 e. The minimum atomic E-state index is 0.939. The van der Waals surface area contributed by atoms with E-state index >= 15 is 0 Å². The Morgan fingerprint density at radius 3 is 1.65 bits per heavy atom. The summed E-state index contributed by atoms with van der Waals surface area (Å²) in [6.07, 6.45) is 0. The van der Waals surface area contributed by atoms with Crippen molar-refractivity contribution in [3.8, 4) is 39.5 Å². The maximum atomic E-state index is 5.54. The first kappa shape index (κ1) is 26.7. The number of rotatable bonds is 4. The lowest BCUT2D eigenvalue weighted by molar-refractivity contribution is 1.18. The first-order valence-electron chi connectivity index (χ1n) is 16.4. The summed E-state index contributed by atoms with van der Waals surface area (Å²) in [6.45, 7) is 0. The second-order valence-electron chi connectivity index (χ2n) is 12.4. The van der Waals surface area contributed by atoms with Crippen LogP contribution in [0.25, 0.3) is 88.5 Å². The molecule has 0 aliphatic carbocycles. The van der Waals surface area contributed by atoms with E-state index in [4.69, 9.17) is 4.98 Å². The molecule has 0 aliphatic heterocycles. The van der Waals surface area contributed by atoms with E-state index in [1.807, 2.05) is 0 Å². The van der Waals surface area contributed by atoms with Crippen molar-refractivity contribution >= 4 is 49.0 Å². The van der Waals surface area contributed by atoms with Crippen LogP contribution in [0.5, 0.6) is 0 Å². The molecule has 0 fully saturated rings. The highest BCUT2D eigenvalue weighted by atomic mass is 15.0. The molecular weight excluding hydrogens is 583 g/mol. The second kappa shape index (κ2) is 10.5. The zero-order valence-electron chi connectivity index (χ0n) is 26.1. The number of aromatic nitrogens is 3. The van der Waals surface area contributed by atoms with Crippen LogP contribution in [0.15, 0.2) is 176 Å². The molecule has 3 heterocycles. The van der Waals surface area contributed by atoms with Crippen molar-refractivity contribution in [2.75, 3.05) is 0 Å². The molecule has 48 heavy (non-hydrogen) atoms. The minimum absolute atomic E-state index is 0.939. The van der Waals surface area contributed by atoms with Gasteiger partial charge >= 0.3 is 0 Å². The topological polar surface area (TPSA) is 22.2 Å². The molecule has 3 nitrogen and oxygen atoms in total. The molecule has 0 atom stereocenters. The summed E-state index contributed by atoms with van der Waals surface area (Å²) < 4.78 is 4.81. The van der Waals surface area contributed by atoms with Crippen LogP contribution in [0.3, 0.4) is 0 Å². The van der Waals surface area contributed by atoms with Crippen LogP contribution in [0.2, 0.25) is 0 Å². The molecule has 10 aromatic rings. The third-order valence-corrected chi connectivity index (χ3v) is 9.70. The van der Waals surface area contributed by atoms with Crippen molar-refractivity contribution in [3.63, 3.8) is 0 Å². The number of imidazole rings is 1. The van der Waals surface area contributed by atoms with E-state index in [-0.39, 0.29) is 0 Å². The fourth-order valence-corrected chi connectivity index (χ4v) is 7.60. The number of fused-ring (bicyclic) bond motifs is 10. The smallest absolute Gasteiger partial charge is 0.145 e. The highest BCUT2D eigenvalue weighted by Crippen LogP contribution is 2.45. The molecule has 0 unspecified atom stereocenters. The van der Waals surface area contributed by atoms with E-state index in [1.165, 1.54) is 49.1 Å². The fraction of sp³-hybridized carbons (Fsp3) is 0. The number of hydrogen-bond acceptors (Lipinski definition) is 1. The molecule has 224 valence electrons. The zero-order valence-corrected chi connectivity index (χ0v) is 26.1. The number of hydrogen-bond donors (Lipinski definition) is 0. The van der Waals surface area contributed by atoms with Crippen LogP contribution in [-0.2, 0) is 0 Å². The molecule has 7 aromatic carbocycles. The van der Waals surface area contributed by atoms with Crippen LogP contribution < -0.4 is 0 Å². The largest absolute Gasteiger partial charge is 0.309 e. The van der Waals surface area contributed by atoms with E-state index in [0.717, 1.165) is 39.4 Å². The van der Waals surface area contributed by atoms with Crippen molar-refractivity contribution in [1.29, 1.82) is 0 Å². The molecule has 0 spiro atoms. The molecule has 0 radical (unpaired) electrons. The first-order valence-corrected chi connectivity index (χ1v) is 16.4. The van der Waals surface area contributed by atoms with Crippen LogP contribution in [0.1, 0.15) is 0 Å². The lowest BCUT2D eigenvalue weighted by Gasteiger charge is -2.14. The summed E-state index contributed by atoms with van der Waals surface area (Å²) in [7, 11) is 0. The van der Waals surface area contributed by atoms with Gasteiger partial charge in [0.2, 0.25) is 0 Å². The molecule has 0 saturated carbocycles. The van der Waals surface area contributed by atoms with E-state index in [9.17, 15) is 0 Å². The monoisotopic (exact) mass is 611 g/mol. The van der Waals surface area contributed by atoms with Gasteiger partial charge in [-0.2, -0.15) is 0 Å². The highest BCUT2D eigenvalue weighted by molar-refractivity contribution is 6.31. The fourth-order valence-electron chi connectivity index (χ4n) is 7.60. The quantitative estimate of drug-likeness (QED) is 0.182. The summed E-state index contributed by atoms with van der Waals surface area (Å²) in [4.78, 5) is 5.54. The van der Waals surface area contributed by atoms with Gasteiger partial charge in [-0.05, 0) is 46.8 Å². The predicted molar refractivity (Wildman–Crippen MR) is 201 cm³/mol. The Labute approximate surface area is 277 Å². The van der Waals surface area contributed by atoms with Crippen LogP contribution in [-0.4, -0.2) is 14.0 Å². The van der Waals surface area contributed by atoms with E-state index in [1.54, 1.807) is 0 Å². The van der Waals surface area contributed by atoms with Gasteiger partial charge in [0.25, 0.3) is 0 Å². The average Bonchev–Trinajstić information content (AvgIpc) is 3.73. The van der Waals surface area contributed by atoms with Gasteiger partial charge in [0, 0.05) is 38.4 Å². The normalized spacial score (nSPS) is 11.8. The molecule has 3 aromatic heterocycles. The Kier molecular flexibility index (Phi) is 5.87. The van der Waals surface area contributed by atoms with Crippen LogP contribution in [0.4, 0.5) is 0 Å². The van der Waals surface area contributed by atoms with Gasteiger partial charge in [0.05, 0.1) is 27.8 Å². The molecule has 0 N–H and O–H groups in total. The number of benzene rings is 7. The van der Waals surface area contributed by atoms with Gasteiger partial charge in [0.1, 0.15) is 5.82 Å². The lowest BCUT2D eigenvalue weighted by atomic mass is 9.97. The molecule has 3 heteroatoms. The van der Waals surface area contributed by atoms with Crippen molar-refractivity contribution in [2.45, 2.75) is 0 Å². The Hall–Kier alpha value is -6.45. The zero-order chi connectivity index (χ0) is 31.6. The van der Waals surface area contributed by atoms with Gasteiger partial charge in [-0.25, -0.2) is 4.98 Å². The molecule has 10 rings (SSSR count). The molecule has 0 amide bonds. The average molecular weight is 612 g/mol. The summed E-state index contributed by atoms with van der Waals surface area (Å²) in [5.74, 6) is 0.939. The van der Waals surface area contributed by atoms with Crippen molar-refractivity contribution < 1.29 is 0 Å². The summed E-state index contributed by atoms with van der Waals surface area (Å²) in [6, 6.07) is 62.9. The summed E-state index contributed by atoms with van der Waals surface area (Å²) >= 11 is 0. The van der Waals surface area contributed by atoms with Crippen LogP contribution in [0, 0.1) is 0 Å². The van der Waals surface area contributed by atoms with Gasteiger partial charge in [-0.1, -0.05) is 146 Å². The lowest BCUT2D eigenvalue weighted by Crippen LogP contribution is -1.96. The Morgan fingerprint density at radius 2 is 0.917 bits per heavy atom. The molecule has 0 aliphatic rings. The Bertz CT molecular complexity index is 2790. The number of nitrogens with zero attached hydrogens (tertiary/aromatic N) is 3. The summed E-state index contributed by atoms with van der Waals surface area (Å²) in [5, 5.41) is 6.12. The predicted octanol–water partition coefficient (Wildman–Crippen LogP) is 11.7. The number of para-hydroxylation sites is 3. The second-order valence-corrected chi connectivity index (χ2v) is 12.4. The molecule has 0 bridgehead atoms. The highest BCUT2D eigenvalue weighted by Gasteiger charge is 2.24. The van der Waals surface area contributed by atoms with Gasteiger partial charge in [0.15, 0.2) is 0 Å². The SMILES string of the molecule is c1ccc(-c2ccc(-c3nc(-c4ccccc4)n4c5ccccc5c5ccc6c(c7ccccc7n6-c6ccccc6)c5c34)cc2)cc1. The van der Waals surface area contributed by atoms with E-state index in [0.29, 0.717) is 0 Å². The Morgan fingerprint density at radius 1 is 0.354 bits per heavy atom. The summed E-state index contributed by atoms with van der Waals surface area (Å²) in [5.41, 5.74) is 11.3. The molecular formula is C45H29N3. The third kappa shape index (κ3) is 3.91. The van der Waals surface area contributed by atoms with Gasteiger partial charge < -0.3 is 4.57 Å². The van der Waals surface area contributed by atoms with Crippen molar-refractivity contribution in [1.82, 2.24) is 14.0 Å². The van der Waals surface area contributed by atoms with E-state index in [2.05, 4.69) is 185 Å². The maximum Gasteiger partial charge on any atom is 0.145 e. The molecule has 0 saturated heterocycles. The van der Waals surface area contributed by atoms with Crippen LogP contribution >= 0.6 is 0 Å². The standard InChI is InChI=1S/C45H29N3/c1-4-14-30(15-5-1)31-24-26-32(27-25-31)43-44-42-36(35-20-10-12-22-38(35)48(44)45(46-43)33-16-6-2-7-17-33)28-29-40-41(42)37-21-11-13-23-39(37)47(40)34-18-8-3-9-19-34/h1-29H.